The van der Waals surface area contributed by atoms with Crippen LogP contribution in [0.25, 0.3) is 5.82 Å². The molecule has 1 aromatic carbocycles. The molecule has 2 aromatic heterocycles. The molecule has 2 heterocycles. The molecule has 3 aromatic rings. The number of imidazole rings is 1. The molecule has 0 fully saturated rings. The first-order valence-corrected chi connectivity index (χ1v) is 8.90. The van der Waals surface area contributed by atoms with E-state index in [0.717, 1.165) is 11.4 Å². The van der Waals surface area contributed by atoms with Crippen LogP contribution in [0.15, 0.2) is 48.9 Å². The zero-order valence-corrected chi connectivity index (χ0v) is 15.8. The zero-order chi connectivity index (χ0) is 19.9. The minimum Gasteiger partial charge on any atom is -0.392 e. The standard InChI is InChI=1S/C19H23N7O2/c1-13(27)12-23-18-22-7-6-16(25-18)26-9-8-21-17(26)11-14-4-3-5-15(10-14)24-19(28)20-2/h3-10,13,27H,11-12H2,1-2H3,(H2,20,24,28)(H,22,23,25)/t13-/m0/s1. The summed E-state index contributed by atoms with van der Waals surface area (Å²) in [6, 6.07) is 9.12. The first-order chi connectivity index (χ1) is 13.5. The molecule has 0 aliphatic carbocycles. The van der Waals surface area contributed by atoms with Crippen molar-refractivity contribution < 1.29 is 9.90 Å². The molecule has 9 nitrogen and oxygen atoms in total. The Bertz CT molecular complexity index is 939. The van der Waals surface area contributed by atoms with E-state index in [2.05, 4.69) is 30.9 Å². The third kappa shape index (κ3) is 5.04. The summed E-state index contributed by atoms with van der Waals surface area (Å²) >= 11 is 0. The van der Waals surface area contributed by atoms with Crippen molar-refractivity contribution in [2.45, 2.75) is 19.4 Å². The molecule has 0 saturated heterocycles. The second-order valence-corrected chi connectivity index (χ2v) is 6.26. The molecule has 28 heavy (non-hydrogen) atoms. The van der Waals surface area contributed by atoms with E-state index in [9.17, 15) is 9.90 Å². The van der Waals surface area contributed by atoms with Crippen LogP contribution in [0.3, 0.4) is 0 Å². The summed E-state index contributed by atoms with van der Waals surface area (Å²) in [7, 11) is 1.57. The van der Waals surface area contributed by atoms with E-state index in [-0.39, 0.29) is 6.03 Å². The van der Waals surface area contributed by atoms with Crippen LogP contribution in [0.2, 0.25) is 0 Å². The molecule has 0 spiro atoms. The number of rotatable bonds is 7. The monoisotopic (exact) mass is 381 g/mol. The van der Waals surface area contributed by atoms with Crippen LogP contribution < -0.4 is 16.0 Å². The van der Waals surface area contributed by atoms with Gasteiger partial charge in [-0.2, -0.15) is 4.98 Å². The van der Waals surface area contributed by atoms with Gasteiger partial charge in [0.1, 0.15) is 11.6 Å². The molecule has 0 aliphatic rings. The lowest BCUT2D eigenvalue weighted by Gasteiger charge is -2.11. The second-order valence-electron chi connectivity index (χ2n) is 6.26. The Morgan fingerprint density at radius 2 is 2.11 bits per heavy atom. The molecular formula is C19H23N7O2. The number of carbonyl (C=O) groups is 1. The van der Waals surface area contributed by atoms with Crippen LogP contribution in [-0.2, 0) is 6.42 Å². The average molecular weight is 381 g/mol. The molecule has 1 atom stereocenters. The highest BCUT2D eigenvalue weighted by atomic mass is 16.3. The second kappa shape index (κ2) is 8.96. The predicted octanol–water partition coefficient (Wildman–Crippen LogP) is 1.80. The summed E-state index contributed by atoms with van der Waals surface area (Å²) in [5.74, 6) is 1.92. The topological polar surface area (TPSA) is 117 Å². The van der Waals surface area contributed by atoms with Gasteiger partial charge < -0.3 is 21.1 Å². The molecule has 2 amide bonds. The quantitative estimate of drug-likeness (QED) is 0.496. The number of nitrogens with one attached hydrogen (secondary N) is 3. The van der Waals surface area contributed by atoms with E-state index in [1.807, 2.05) is 35.0 Å². The van der Waals surface area contributed by atoms with Gasteiger partial charge in [-0.15, -0.1) is 0 Å². The Morgan fingerprint density at radius 1 is 1.25 bits per heavy atom. The summed E-state index contributed by atoms with van der Waals surface area (Å²) in [6.07, 6.45) is 5.28. The number of hydrogen-bond donors (Lipinski definition) is 4. The highest BCUT2D eigenvalue weighted by Crippen LogP contribution is 2.16. The van der Waals surface area contributed by atoms with Crippen LogP contribution >= 0.6 is 0 Å². The Kier molecular flexibility index (Phi) is 6.18. The summed E-state index contributed by atoms with van der Waals surface area (Å²) < 4.78 is 1.88. The number of urea groups is 1. The van der Waals surface area contributed by atoms with Gasteiger partial charge in [0.25, 0.3) is 0 Å². The predicted molar refractivity (Wildman–Crippen MR) is 107 cm³/mol. The third-order valence-corrected chi connectivity index (χ3v) is 3.93. The number of aliphatic hydroxyl groups excluding tert-OH is 1. The molecule has 0 saturated carbocycles. The van der Waals surface area contributed by atoms with E-state index in [1.165, 1.54) is 0 Å². The summed E-state index contributed by atoms with van der Waals surface area (Å²) in [5.41, 5.74) is 1.71. The molecule has 0 aliphatic heterocycles. The van der Waals surface area contributed by atoms with Crippen molar-refractivity contribution in [1.82, 2.24) is 24.8 Å². The van der Waals surface area contributed by atoms with E-state index in [0.29, 0.717) is 30.4 Å². The van der Waals surface area contributed by atoms with Gasteiger partial charge in [0, 0.05) is 44.3 Å². The molecule has 0 unspecified atom stereocenters. The first-order valence-electron chi connectivity index (χ1n) is 8.90. The fraction of sp³-hybridized carbons (Fsp3) is 0.263. The number of hydrogen-bond acceptors (Lipinski definition) is 6. The van der Waals surface area contributed by atoms with E-state index in [4.69, 9.17) is 0 Å². The maximum atomic E-state index is 11.5. The number of nitrogens with zero attached hydrogens (tertiary/aromatic N) is 4. The fourth-order valence-electron chi connectivity index (χ4n) is 2.62. The number of aliphatic hydroxyl groups is 1. The highest BCUT2D eigenvalue weighted by molar-refractivity contribution is 5.89. The van der Waals surface area contributed by atoms with Crippen molar-refractivity contribution in [3.63, 3.8) is 0 Å². The van der Waals surface area contributed by atoms with Crippen molar-refractivity contribution in [2.24, 2.45) is 0 Å². The van der Waals surface area contributed by atoms with Gasteiger partial charge in [-0.25, -0.2) is 14.8 Å². The number of carbonyl (C=O) groups excluding carboxylic acids is 1. The van der Waals surface area contributed by atoms with Gasteiger partial charge in [0.15, 0.2) is 0 Å². The third-order valence-electron chi connectivity index (χ3n) is 3.93. The van der Waals surface area contributed by atoms with E-state index < -0.39 is 6.10 Å². The highest BCUT2D eigenvalue weighted by Gasteiger charge is 2.10. The summed E-state index contributed by atoms with van der Waals surface area (Å²) in [5, 5.41) is 17.7. The van der Waals surface area contributed by atoms with Crippen molar-refractivity contribution in [2.75, 3.05) is 24.2 Å². The van der Waals surface area contributed by atoms with Crippen molar-refractivity contribution in [3.05, 3.63) is 60.3 Å². The Labute approximate surface area is 162 Å². The Morgan fingerprint density at radius 3 is 2.89 bits per heavy atom. The van der Waals surface area contributed by atoms with Crippen LogP contribution in [0.4, 0.5) is 16.4 Å². The minimum atomic E-state index is -0.494. The minimum absolute atomic E-state index is 0.267. The van der Waals surface area contributed by atoms with Crippen molar-refractivity contribution in [3.8, 4) is 5.82 Å². The number of amides is 2. The van der Waals surface area contributed by atoms with Crippen LogP contribution in [-0.4, -0.2) is 50.4 Å². The SMILES string of the molecule is CNC(=O)Nc1cccc(Cc2nccn2-c2ccnc(NC[C@H](C)O)n2)c1. The Hall–Kier alpha value is -3.46. The summed E-state index contributed by atoms with van der Waals surface area (Å²) in [4.78, 5) is 24.6. The molecule has 146 valence electrons. The maximum absolute atomic E-state index is 11.5. The molecule has 9 heteroatoms. The van der Waals surface area contributed by atoms with E-state index in [1.54, 1.807) is 32.4 Å². The fourth-order valence-corrected chi connectivity index (χ4v) is 2.62. The van der Waals surface area contributed by atoms with Gasteiger partial charge >= 0.3 is 6.03 Å². The largest absolute Gasteiger partial charge is 0.392 e. The molecule has 0 bridgehead atoms. The van der Waals surface area contributed by atoms with Gasteiger partial charge in [0.2, 0.25) is 5.95 Å². The smallest absolute Gasteiger partial charge is 0.318 e. The van der Waals surface area contributed by atoms with Crippen molar-refractivity contribution >= 4 is 17.7 Å². The van der Waals surface area contributed by atoms with Crippen LogP contribution in [0.1, 0.15) is 18.3 Å². The lowest BCUT2D eigenvalue weighted by Crippen LogP contribution is -2.24. The van der Waals surface area contributed by atoms with Gasteiger partial charge in [-0.1, -0.05) is 12.1 Å². The number of anilines is 2. The molecular weight excluding hydrogens is 358 g/mol. The number of aromatic nitrogens is 4. The zero-order valence-electron chi connectivity index (χ0n) is 15.8. The lowest BCUT2D eigenvalue weighted by atomic mass is 10.1. The van der Waals surface area contributed by atoms with Gasteiger partial charge in [-0.3, -0.25) is 4.57 Å². The number of benzene rings is 1. The van der Waals surface area contributed by atoms with Crippen LogP contribution in [0.5, 0.6) is 0 Å². The maximum Gasteiger partial charge on any atom is 0.318 e. The Balaban J connectivity index is 1.78. The summed E-state index contributed by atoms with van der Waals surface area (Å²) in [6.45, 7) is 2.06. The first kappa shape index (κ1) is 19.3. The normalized spacial score (nSPS) is 11.7. The molecule has 4 N–H and O–H groups in total. The molecule has 0 radical (unpaired) electrons. The average Bonchev–Trinajstić information content (AvgIpc) is 3.15. The van der Waals surface area contributed by atoms with Crippen LogP contribution in [0, 0.1) is 0 Å². The van der Waals surface area contributed by atoms with E-state index >= 15 is 0 Å². The van der Waals surface area contributed by atoms with Crippen molar-refractivity contribution in [1.29, 1.82) is 0 Å². The van der Waals surface area contributed by atoms with Gasteiger partial charge in [-0.05, 0) is 30.7 Å². The van der Waals surface area contributed by atoms with Gasteiger partial charge in [0.05, 0.1) is 6.10 Å². The lowest BCUT2D eigenvalue weighted by molar-refractivity contribution is 0.208. The molecule has 3 rings (SSSR count).